The van der Waals surface area contributed by atoms with Gasteiger partial charge in [-0.05, 0) is 68.4 Å². The van der Waals surface area contributed by atoms with Crippen LogP contribution >= 0.6 is 23.4 Å². The predicted octanol–water partition coefficient (Wildman–Crippen LogP) is 3.77. The fraction of sp³-hybridized carbons (Fsp3) is 0.571. The summed E-state index contributed by atoms with van der Waals surface area (Å²) in [5, 5.41) is 6.12. The summed E-state index contributed by atoms with van der Waals surface area (Å²) in [6, 6.07) is 4.13. The first kappa shape index (κ1) is 19.4. The van der Waals surface area contributed by atoms with E-state index in [4.69, 9.17) is 16.6 Å². The molecule has 1 saturated heterocycles. The highest BCUT2D eigenvalue weighted by atomic mass is 35.5. The molecular formula is C21H23ClFN3O2S. The molecule has 1 heterocycles. The van der Waals surface area contributed by atoms with Gasteiger partial charge in [-0.1, -0.05) is 29.4 Å². The summed E-state index contributed by atoms with van der Waals surface area (Å²) in [7, 11) is 0. The quantitative estimate of drug-likeness (QED) is 0.739. The number of amidine groups is 1. The van der Waals surface area contributed by atoms with Crippen LogP contribution in [0.15, 0.2) is 23.2 Å². The van der Waals surface area contributed by atoms with Crippen LogP contribution in [0.1, 0.15) is 48.9 Å². The van der Waals surface area contributed by atoms with Gasteiger partial charge in [0.25, 0.3) is 5.91 Å². The van der Waals surface area contributed by atoms with Crippen LogP contribution in [-0.4, -0.2) is 34.3 Å². The summed E-state index contributed by atoms with van der Waals surface area (Å²) in [5.41, 5.74) is -0.112. The number of hydrogen-bond donors (Lipinski definition) is 2. The molecule has 4 saturated carbocycles. The molecule has 3 unspecified atom stereocenters. The third-order valence-electron chi connectivity index (χ3n) is 6.93. The van der Waals surface area contributed by atoms with Crippen LogP contribution in [0.5, 0.6) is 0 Å². The molecule has 0 radical (unpaired) electrons. The van der Waals surface area contributed by atoms with Crippen molar-refractivity contribution in [1.29, 1.82) is 0 Å². The lowest BCUT2D eigenvalue weighted by Gasteiger charge is -2.29. The van der Waals surface area contributed by atoms with Crippen LogP contribution in [0, 0.1) is 23.6 Å². The molecule has 29 heavy (non-hydrogen) atoms. The van der Waals surface area contributed by atoms with Crippen molar-refractivity contribution < 1.29 is 14.0 Å². The number of hydrogen-bond acceptors (Lipinski definition) is 4. The molecule has 5 aliphatic rings. The molecule has 8 heteroatoms. The Morgan fingerprint density at radius 1 is 1.31 bits per heavy atom. The molecule has 1 aliphatic heterocycles. The van der Waals surface area contributed by atoms with Crippen molar-refractivity contribution in [2.45, 2.75) is 49.3 Å². The van der Waals surface area contributed by atoms with E-state index in [-0.39, 0.29) is 33.8 Å². The molecule has 4 bridgehead atoms. The largest absolute Gasteiger partial charge is 0.352 e. The average molecular weight is 436 g/mol. The Hall–Kier alpha value is -1.60. The summed E-state index contributed by atoms with van der Waals surface area (Å²) in [6.45, 7) is 0.264. The second-order valence-corrected chi connectivity index (χ2v) is 10.4. The zero-order valence-corrected chi connectivity index (χ0v) is 17.5. The summed E-state index contributed by atoms with van der Waals surface area (Å²) >= 11 is 7.38. The summed E-state index contributed by atoms with van der Waals surface area (Å²) in [6.07, 6.45) is 6.72. The molecule has 4 aliphatic carbocycles. The van der Waals surface area contributed by atoms with E-state index in [0.29, 0.717) is 12.3 Å². The van der Waals surface area contributed by atoms with Crippen molar-refractivity contribution in [2.75, 3.05) is 6.54 Å². The standard InChI is InChI=1S/C21H23ClFN3O2S/c22-14-2-1-3-15(23)17(14)19(28)24-5-4-16-18(27)25-20(29-16)26-21-9-11-6-12(10-21)8-13(21)7-11/h1-3,11-13,16H,4-10H2,(H,24,28)(H,25,26,27). The number of thioether (sulfide) groups is 1. The van der Waals surface area contributed by atoms with Gasteiger partial charge in [-0.25, -0.2) is 4.39 Å². The van der Waals surface area contributed by atoms with Gasteiger partial charge in [0.1, 0.15) is 5.82 Å². The predicted molar refractivity (Wildman–Crippen MR) is 112 cm³/mol. The number of rotatable bonds is 5. The minimum atomic E-state index is -0.655. The highest BCUT2D eigenvalue weighted by Crippen LogP contribution is 2.62. The molecule has 6 rings (SSSR count). The second kappa shape index (κ2) is 7.27. The van der Waals surface area contributed by atoms with Gasteiger partial charge >= 0.3 is 0 Å². The highest BCUT2D eigenvalue weighted by molar-refractivity contribution is 8.15. The van der Waals surface area contributed by atoms with E-state index < -0.39 is 11.7 Å². The van der Waals surface area contributed by atoms with Crippen LogP contribution in [0.25, 0.3) is 0 Å². The van der Waals surface area contributed by atoms with Gasteiger partial charge in [-0.2, -0.15) is 0 Å². The SMILES string of the molecule is O=C(NCCC1SC(=NC23CC4CC(CC2C4)C3)NC1=O)c1c(F)cccc1Cl. The molecule has 0 aromatic heterocycles. The highest BCUT2D eigenvalue weighted by Gasteiger charge is 2.58. The number of halogens is 2. The fourth-order valence-electron chi connectivity index (χ4n) is 5.91. The van der Waals surface area contributed by atoms with Gasteiger partial charge in [-0.15, -0.1) is 0 Å². The van der Waals surface area contributed by atoms with E-state index in [0.717, 1.165) is 29.8 Å². The number of carbonyl (C=O) groups is 2. The first-order chi connectivity index (χ1) is 13.9. The lowest BCUT2D eigenvalue weighted by Crippen LogP contribution is -2.33. The van der Waals surface area contributed by atoms with Gasteiger partial charge < -0.3 is 10.6 Å². The minimum absolute atomic E-state index is 0.0495. The molecule has 2 N–H and O–H groups in total. The number of nitrogens with zero attached hydrogens (tertiary/aromatic N) is 1. The van der Waals surface area contributed by atoms with E-state index in [1.54, 1.807) is 0 Å². The number of benzene rings is 1. The Kier molecular flexibility index (Phi) is 4.86. The van der Waals surface area contributed by atoms with Crippen LogP contribution < -0.4 is 10.6 Å². The molecule has 1 aromatic carbocycles. The molecule has 3 atom stereocenters. The molecule has 1 aromatic rings. The molecule has 154 valence electrons. The van der Waals surface area contributed by atoms with Crippen molar-refractivity contribution in [3.05, 3.63) is 34.6 Å². The van der Waals surface area contributed by atoms with Crippen molar-refractivity contribution in [1.82, 2.24) is 10.6 Å². The van der Waals surface area contributed by atoms with Gasteiger partial charge in [0.15, 0.2) is 5.17 Å². The maximum Gasteiger partial charge on any atom is 0.255 e. The molecule has 5 nitrogen and oxygen atoms in total. The van der Waals surface area contributed by atoms with E-state index in [2.05, 4.69) is 10.6 Å². The first-order valence-electron chi connectivity index (χ1n) is 10.2. The van der Waals surface area contributed by atoms with E-state index in [1.807, 2.05) is 0 Å². The van der Waals surface area contributed by atoms with Crippen molar-refractivity contribution in [2.24, 2.45) is 22.7 Å². The number of carbonyl (C=O) groups excluding carboxylic acids is 2. The maximum absolute atomic E-state index is 13.8. The monoisotopic (exact) mass is 435 g/mol. The Morgan fingerprint density at radius 2 is 2.07 bits per heavy atom. The van der Waals surface area contributed by atoms with Crippen molar-refractivity contribution in [3.63, 3.8) is 0 Å². The van der Waals surface area contributed by atoms with Gasteiger partial charge in [-0.3, -0.25) is 14.6 Å². The summed E-state index contributed by atoms with van der Waals surface area (Å²) in [5.74, 6) is 1.02. The van der Waals surface area contributed by atoms with Crippen LogP contribution in [-0.2, 0) is 4.79 Å². The normalized spacial score (nSPS) is 36.1. The zero-order valence-electron chi connectivity index (χ0n) is 15.9. The van der Waals surface area contributed by atoms with Crippen molar-refractivity contribution >= 4 is 40.3 Å². The lowest BCUT2D eigenvalue weighted by atomic mass is 9.81. The number of aliphatic imine (C=N–C) groups is 1. The van der Waals surface area contributed by atoms with Crippen molar-refractivity contribution in [3.8, 4) is 0 Å². The van der Waals surface area contributed by atoms with Crippen LogP contribution in [0.3, 0.4) is 0 Å². The summed E-state index contributed by atoms with van der Waals surface area (Å²) < 4.78 is 13.8. The number of nitrogens with one attached hydrogen (secondary N) is 2. The molecule has 0 spiro atoms. The fourth-order valence-corrected chi connectivity index (χ4v) is 7.22. The maximum atomic E-state index is 13.8. The minimum Gasteiger partial charge on any atom is -0.352 e. The van der Waals surface area contributed by atoms with Gasteiger partial charge in [0, 0.05) is 6.54 Å². The van der Waals surface area contributed by atoms with Crippen LogP contribution in [0.4, 0.5) is 4.39 Å². The third-order valence-corrected chi connectivity index (χ3v) is 8.40. The van der Waals surface area contributed by atoms with Gasteiger partial charge in [0.2, 0.25) is 5.91 Å². The molecule has 2 amide bonds. The first-order valence-corrected chi connectivity index (χ1v) is 11.5. The Bertz CT molecular complexity index is 874. The van der Waals surface area contributed by atoms with E-state index >= 15 is 0 Å². The van der Waals surface area contributed by atoms with E-state index in [1.165, 1.54) is 49.2 Å². The van der Waals surface area contributed by atoms with Crippen LogP contribution in [0.2, 0.25) is 5.02 Å². The Balaban J connectivity index is 1.18. The third kappa shape index (κ3) is 3.46. The van der Waals surface area contributed by atoms with E-state index in [9.17, 15) is 14.0 Å². The van der Waals surface area contributed by atoms with Gasteiger partial charge in [0.05, 0.1) is 21.4 Å². The zero-order chi connectivity index (χ0) is 20.2. The molecular weight excluding hydrogens is 413 g/mol. The smallest absolute Gasteiger partial charge is 0.255 e. The lowest BCUT2D eigenvalue weighted by molar-refractivity contribution is -0.118. The second-order valence-electron chi connectivity index (χ2n) is 8.80. The Labute approximate surface area is 178 Å². The summed E-state index contributed by atoms with van der Waals surface area (Å²) in [4.78, 5) is 29.7. The Morgan fingerprint density at radius 3 is 2.79 bits per heavy atom. The average Bonchev–Trinajstić information content (AvgIpc) is 3.19. The number of amides is 2. The topological polar surface area (TPSA) is 70.6 Å². The molecule has 5 fully saturated rings.